The molecule has 0 aliphatic carbocycles. The van der Waals surface area contributed by atoms with Crippen molar-refractivity contribution in [2.75, 3.05) is 16.2 Å². The number of nitrogens with zero attached hydrogens (tertiary/aromatic N) is 1. The Morgan fingerprint density at radius 1 is 1.16 bits per heavy atom. The first-order chi connectivity index (χ1) is 11.8. The lowest BCUT2D eigenvalue weighted by atomic mass is 10.1. The van der Waals surface area contributed by atoms with Crippen LogP contribution in [0.3, 0.4) is 0 Å². The van der Waals surface area contributed by atoms with E-state index in [0.29, 0.717) is 12.2 Å². The summed E-state index contributed by atoms with van der Waals surface area (Å²) in [4.78, 5) is 14.3. The van der Waals surface area contributed by atoms with Crippen LogP contribution in [0.5, 0.6) is 0 Å². The van der Waals surface area contributed by atoms with Crippen LogP contribution in [0, 0.1) is 12.8 Å². The molecule has 0 unspecified atom stereocenters. The molecule has 25 heavy (non-hydrogen) atoms. The van der Waals surface area contributed by atoms with Crippen LogP contribution in [0.1, 0.15) is 25.0 Å². The van der Waals surface area contributed by atoms with Crippen molar-refractivity contribution < 1.29 is 13.2 Å². The van der Waals surface area contributed by atoms with E-state index in [1.807, 2.05) is 39.0 Å². The summed E-state index contributed by atoms with van der Waals surface area (Å²) in [5.41, 5.74) is 3.26. The Bertz CT molecular complexity index is 920. The van der Waals surface area contributed by atoms with Crippen LogP contribution >= 0.6 is 0 Å². The van der Waals surface area contributed by atoms with Crippen LogP contribution in [-0.2, 0) is 21.2 Å². The number of aryl methyl sites for hydroxylation is 1. The number of nitrogens with one attached hydrogen (secondary N) is 1. The molecule has 2 aromatic carbocycles. The molecule has 6 heteroatoms. The third-order valence-corrected chi connectivity index (χ3v) is 5.67. The minimum absolute atomic E-state index is 0.0644. The summed E-state index contributed by atoms with van der Waals surface area (Å²) in [5.74, 6) is 0.0253. The maximum absolute atomic E-state index is 12.5. The summed E-state index contributed by atoms with van der Waals surface area (Å²) in [7, 11) is -3.63. The van der Waals surface area contributed by atoms with Crippen molar-refractivity contribution in [3.05, 3.63) is 53.6 Å². The van der Waals surface area contributed by atoms with Gasteiger partial charge in [-0.2, -0.15) is 0 Å². The van der Waals surface area contributed by atoms with Crippen LogP contribution in [0.2, 0.25) is 0 Å². The van der Waals surface area contributed by atoms with E-state index in [1.54, 1.807) is 29.2 Å². The summed E-state index contributed by atoms with van der Waals surface area (Å²) in [6.45, 7) is 6.25. The second-order valence-corrected chi connectivity index (χ2v) is 8.34. The Morgan fingerprint density at radius 3 is 2.60 bits per heavy atom. The van der Waals surface area contributed by atoms with Gasteiger partial charge in [0.05, 0.1) is 4.90 Å². The van der Waals surface area contributed by atoms with Gasteiger partial charge in [0.15, 0.2) is 0 Å². The van der Waals surface area contributed by atoms with Gasteiger partial charge in [-0.3, -0.25) is 9.52 Å². The molecule has 0 saturated heterocycles. The van der Waals surface area contributed by atoms with Gasteiger partial charge in [-0.25, -0.2) is 8.42 Å². The first kappa shape index (κ1) is 17.5. The van der Waals surface area contributed by atoms with Crippen molar-refractivity contribution in [1.82, 2.24) is 0 Å². The Hall–Kier alpha value is -2.34. The van der Waals surface area contributed by atoms with Crippen LogP contribution in [0.4, 0.5) is 11.4 Å². The number of hydrogen-bond donors (Lipinski definition) is 1. The van der Waals surface area contributed by atoms with E-state index < -0.39 is 10.0 Å². The molecule has 1 aliphatic rings. The smallest absolute Gasteiger partial charge is 0.261 e. The van der Waals surface area contributed by atoms with Gasteiger partial charge in [-0.05, 0) is 54.8 Å². The highest BCUT2D eigenvalue weighted by Crippen LogP contribution is 2.32. The fourth-order valence-corrected chi connectivity index (χ4v) is 4.16. The first-order valence-corrected chi connectivity index (χ1v) is 9.80. The highest BCUT2D eigenvalue weighted by Gasteiger charge is 2.26. The quantitative estimate of drug-likeness (QED) is 0.911. The molecule has 2 aromatic rings. The van der Waals surface area contributed by atoms with E-state index in [4.69, 9.17) is 0 Å². The number of carbonyl (C=O) groups excluding carboxylic acids is 1. The average Bonchev–Trinajstić information content (AvgIpc) is 2.96. The molecular weight excluding hydrogens is 336 g/mol. The van der Waals surface area contributed by atoms with Crippen molar-refractivity contribution in [3.63, 3.8) is 0 Å². The molecule has 0 atom stereocenters. The predicted molar refractivity (Wildman–Crippen MR) is 99.3 cm³/mol. The monoisotopic (exact) mass is 358 g/mol. The van der Waals surface area contributed by atoms with Crippen molar-refractivity contribution in [2.24, 2.45) is 5.92 Å². The second-order valence-electron chi connectivity index (χ2n) is 6.66. The van der Waals surface area contributed by atoms with Crippen molar-refractivity contribution >= 4 is 27.3 Å². The molecule has 3 rings (SSSR count). The first-order valence-electron chi connectivity index (χ1n) is 8.32. The zero-order valence-electron chi connectivity index (χ0n) is 14.6. The van der Waals surface area contributed by atoms with Crippen molar-refractivity contribution in [1.29, 1.82) is 0 Å². The van der Waals surface area contributed by atoms with E-state index in [0.717, 1.165) is 23.2 Å². The molecule has 1 amide bonds. The summed E-state index contributed by atoms with van der Waals surface area (Å²) < 4.78 is 27.7. The Morgan fingerprint density at radius 2 is 1.92 bits per heavy atom. The number of hydrogen-bond acceptors (Lipinski definition) is 3. The number of carbonyl (C=O) groups is 1. The van der Waals surface area contributed by atoms with E-state index in [9.17, 15) is 13.2 Å². The molecular formula is C19H22N2O3S. The number of sulfonamides is 1. The Balaban J connectivity index is 1.85. The van der Waals surface area contributed by atoms with Crippen molar-refractivity contribution in [3.8, 4) is 0 Å². The number of fused-ring (bicyclic) bond motifs is 1. The van der Waals surface area contributed by atoms with E-state index in [-0.39, 0.29) is 16.7 Å². The molecule has 5 nitrogen and oxygen atoms in total. The molecule has 1 N–H and O–H groups in total. The lowest BCUT2D eigenvalue weighted by molar-refractivity contribution is -0.121. The van der Waals surface area contributed by atoms with E-state index >= 15 is 0 Å². The zero-order valence-corrected chi connectivity index (χ0v) is 15.4. The van der Waals surface area contributed by atoms with Gasteiger partial charge in [0.1, 0.15) is 0 Å². The van der Waals surface area contributed by atoms with Gasteiger partial charge in [0.2, 0.25) is 5.91 Å². The molecule has 1 aliphatic heterocycles. The number of benzene rings is 2. The molecule has 0 fully saturated rings. The third-order valence-electron chi connectivity index (χ3n) is 4.29. The number of amides is 1. The van der Waals surface area contributed by atoms with Gasteiger partial charge in [0.25, 0.3) is 10.0 Å². The average molecular weight is 358 g/mol. The summed E-state index contributed by atoms with van der Waals surface area (Å²) in [6, 6.07) is 12.1. The molecule has 0 aromatic heterocycles. The molecule has 0 saturated carbocycles. The molecule has 0 spiro atoms. The molecule has 0 radical (unpaired) electrons. The normalized spacial score (nSPS) is 13.8. The molecule has 132 valence electrons. The second kappa shape index (κ2) is 6.52. The number of anilines is 2. The summed E-state index contributed by atoms with van der Waals surface area (Å²) in [6.07, 6.45) is 0.730. The lowest BCUT2D eigenvalue weighted by Crippen LogP contribution is -2.32. The minimum Gasteiger partial charge on any atom is -0.312 e. The predicted octanol–water partition coefficient (Wildman–Crippen LogP) is 3.34. The van der Waals surface area contributed by atoms with Gasteiger partial charge in [0, 0.05) is 23.8 Å². The Kier molecular flexibility index (Phi) is 4.56. The summed E-state index contributed by atoms with van der Waals surface area (Å²) in [5, 5.41) is 0. The van der Waals surface area contributed by atoms with Gasteiger partial charge in [-0.15, -0.1) is 0 Å². The van der Waals surface area contributed by atoms with Crippen LogP contribution < -0.4 is 9.62 Å². The number of rotatable bonds is 4. The SMILES string of the molecule is Cc1cccc(S(=O)(=O)Nc2ccc3c(c2)CCN3C(=O)C(C)C)c1. The maximum atomic E-state index is 12.5. The maximum Gasteiger partial charge on any atom is 0.261 e. The van der Waals surface area contributed by atoms with Crippen LogP contribution in [0.25, 0.3) is 0 Å². The highest BCUT2D eigenvalue weighted by atomic mass is 32.2. The largest absolute Gasteiger partial charge is 0.312 e. The van der Waals surface area contributed by atoms with Crippen molar-refractivity contribution in [2.45, 2.75) is 32.1 Å². The summed E-state index contributed by atoms with van der Waals surface area (Å²) >= 11 is 0. The highest BCUT2D eigenvalue weighted by molar-refractivity contribution is 7.92. The van der Waals surface area contributed by atoms with E-state index in [1.165, 1.54) is 0 Å². The zero-order chi connectivity index (χ0) is 18.2. The fourth-order valence-electron chi connectivity index (χ4n) is 3.00. The topological polar surface area (TPSA) is 66.5 Å². The molecule has 0 bridgehead atoms. The van der Waals surface area contributed by atoms with Gasteiger partial charge < -0.3 is 4.90 Å². The van der Waals surface area contributed by atoms with E-state index in [2.05, 4.69) is 4.72 Å². The lowest BCUT2D eigenvalue weighted by Gasteiger charge is -2.19. The standard InChI is InChI=1S/C19H22N2O3S/c1-13(2)19(22)21-10-9-15-12-16(7-8-18(15)21)20-25(23,24)17-6-4-5-14(3)11-17/h4-8,11-13,20H,9-10H2,1-3H3. The van der Waals surface area contributed by atoms with Gasteiger partial charge in [-0.1, -0.05) is 26.0 Å². The minimum atomic E-state index is -3.63. The molecule has 1 heterocycles. The fraction of sp³-hybridized carbons (Fsp3) is 0.316. The van der Waals surface area contributed by atoms with Crippen LogP contribution in [-0.4, -0.2) is 20.9 Å². The Labute approximate surface area is 148 Å². The van der Waals surface area contributed by atoms with Gasteiger partial charge >= 0.3 is 0 Å². The third kappa shape index (κ3) is 3.54. The van der Waals surface area contributed by atoms with Crippen LogP contribution in [0.15, 0.2) is 47.4 Å².